The van der Waals surface area contributed by atoms with Gasteiger partial charge in [-0.3, -0.25) is 0 Å². The fourth-order valence-electron chi connectivity index (χ4n) is 2.53. The van der Waals surface area contributed by atoms with E-state index in [0.29, 0.717) is 24.3 Å². The van der Waals surface area contributed by atoms with E-state index in [9.17, 15) is 13.2 Å². The second kappa shape index (κ2) is 6.23. The molecule has 0 aliphatic heterocycles. The zero-order valence-electron chi connectivity index (χ0n) is 11.7. The summed E-state index contributed by atoms with van der Waals surface area (Å²) >= 11 is 5.78. The normalized spacial score (nSPS) is 22.8. The number of nitrogen functional groups attached to an aromatic ring is 1. The largest absolute Gasteiger partial charge is 0.459 e. The van der Waals surface area contributed by atoms with Gasteiger partial charge in [0.25, 0.3) is 0 Å². The minimum absolute atomic E-state index is 0.251. The Morgan fingerprint density at radius 2 is 2.10 bits per heavy atom. The summed E-state index contributed by atoms with van der Waals surface area (Å²) in [6.07, 6.45) is 3.20. The van der Waals surface area contributed by atoms with Crippen LogP contribution in [0.2, 0.25) is 5.02 Å². The second-order valence-electron chi connectivity index (χ2n) is 5.38. The Hall–Kier alpha value is -1.27. The summed E-state index contributed by atoms with van der Waals surface area (Å²) in [7, 11) is -3.11. The van der Waals surface area contributed by atoms with E-state index in [1.165, 1.54) is 18.4 Å². The van der Waals surface area contributed by atoms with Gasteiger partial charge < -0.3 is 10.5 Å². The molecule has 1 aromatic rings. The first-order chi connectivity index (χ1) is 9.77. The van der Waals surface area contributed by atoms with Crippen LogP contribution in [0.25, 0.3) is 0 Å². The number of ether oxygens (including phenoxy) is 1. The lowest BCUT2D eigenvalue weighted by Crippen LogP contribution is -2.33. The first-order valence-electron chi connectivity index (χ1n) is 6.72. The molecule has 0 heterocycles. The first-order valence-corrected chi connectivity index (χ1v) is 9.05. The summed E-state index contributed by atoms with van der Waals surface area (Å²) in [6, 6.07) is 4.56. The van der Waals surface area contributed by atoms with Gasteiger partial charge in [0.1, 0.15) is 15.9 Å². The fraction of sp³-hybridized carbons (Fsp3) is 0.500. The van der Waals surface area contributed by atoms with Crippen molar-refractivity contribution in [3.8, 4) is 0 Å². The standard InChI is InChI=1S/C14H18ClNO4S/c1-21(18,19)11-4-2-3-10(8-11)20-14(17)12-6-5-9(15)7-13(12)16/h5-7,10-11H,2-4,8,16H2,1H3. The molecule has 0 amide bonds. The smallest absolute Gasteiger partial charge is 0.340 e. The van der Waals surface area contributed by atoms with Gasteiger partial charge in [-0.05, 0) is 37.5 Å². The van der Waals surface area contributed by atoms with Crippen LogP contribution in [0.5, 0.6) is 0 Å². The van der Waals surface area contributed by atoms with Gasteiger partial charge in [0.05, 0.1) is 10.8 Å². The lowest BCUT2D eigenvalue weighted by molar-refractivity contribution is 0.0216. The zero-order valence-corrected chi connectivity index (χ0v) is 13.3. The van der Waals surface area contributed by atoms with Crippen molar-refractivity contribution in [2.24, 2.45) is 0 Å². The lowest BCUT2D eigenvalue weighted by atomic mass is 9.97. The van der Waals surface area contributed by atoms with Gasteiger partial charge >= 0.3 is 5.97 Å². The molecule has 7 heteroatoms. The second-order valence-corrected chi connectivity index (χ2v) is 8.14. The van der Waals surface area contributed by atoms with Crippen molar-refractivity contribution in [3.63, 3.8) is 0 Å². The summed E-state index contributed by atoms with van der Waals surface area (Å²) in [6.45, 7) is 0. The predicted molar refractivity (Wildman–Crippen MR) is 82.2 cm³/mol. The van der Waals surface area contributed by atoms with E-state index in [4.69, 9.17) is 22.1 Å². The van der Waals surface area contributed by atoms with Crippen molar-refractivity contribution in [2.75, 3.05) is 12.0 Å². The van der Waals surface area contributed by atoms with E-state index in [2.05, 4.69) is 0 Å². The summed E-state index contributed by atoms with van der Waals surface area (Å²) in [5.74, 6) is -0.539. The quantitative estimate of drug-likeness (QED) is 0.679. The number of benzene rings is 1. The molecule has 1 aliphatic rings. The monoisotopic (exact) mass is 331 g/mol. The van der Waals surface area contributed by atoms with Gasteiger partial charge in [0.2, 0.25) is 0 Å². The summed E-state index contributed by atoms with van der Waals surface area (Å²) in [5, 5.41) is 0.00507. The number of halogens is 1. The van der Waals surface area contributed by atoms with Gasteiger partial charge in [0.15, 0.2) is 0 Å². The molecular weight excluding hydrogens is 314 g/mol. The third-order valence-corrected chi connectivity index (χ3v) is 5.56. The van der Waals surface area contributed by atoms with Crippen LogP contribution >= 0.6 is 11.6 Å². The number of carbonyl (C=O) groups excluding carboxylic acids is 1. The molecule has 0 spiro atoms. The van der Waals surface area contributed by atoms with Crippen molar-refractivity contribution in [2.45, 2.75) is 37.0 Å². The summed E-state index contributed by atoms with van der Waals surface area (Å²) < 4.78 is 28.6. The molecule has 1 aliphatic carbocycles. The highest BCUT2D eigenvalue weighted by Gasteiger charge is 2.31. The van der Waals surface area contributed by atoms with Crippen LogP contribution in [0.4, 0.5) is 5.69 Å². The Balaban J connectivity index is 2.05. The average Bonchev–Trinajstić information content (AvgIpc) is 2.37. The van der Waals surface area contributed by atoms with Crippen LogP contribution in [0, 0.1) is 0 Å². The number of esters is 1. The Kier molecular flexibility index (Phi) is 4.78. The average molecular weight is 332 g/mol. The van der Waals surface area contributed by atoms with Gasteiger partial charge in [-0.2, -0.15) is 0 Å². The van der Waals surface area contributed by atoms with Crippen molar-refractivity contribution < 1.29 is 17.9 Å². The molecule has 0 saturated heterocycles. The van der Waals surface area contributed by atoms with Crippen molar-refractivity contribution >= 4 is 33.1 Å². The molecular formula is C14H18ClNO4S. The van der Waals surface area contributed by atoms with Gasteiger partial charge in [-0.25, -0.2) is 13.2 Å². The fourth-order valence-corrected chi connectivity index (χ4v) is 3.87. The maximum Gasteiger partial charge on any atom is 0.340 e. The molecule has 0 bridgehead atoms. The van der Waals surface area contributed by atoms with Crippen LogP contribution in [0.15, 0.2) is 18.2 Å². The molecule has 5 nitrogen and oxygen atoms in total. The number of nitrogens with two attached hydrogens (primary N) is 1. The highest BCUT2D eigenvalue weighted by molar-refractivity contribution is 7.91. The first kappa shape index (κ1) is 16.1. The molecule has 0 radical (unpaired) electrons. The minimum Gasteiger partial charge on any atom is -0.459 e. The molecule has 2 rings (SSSR count). The Morgan fingerprint density at radius 1 is 1.38 bits per heavy atom. The Bertz CT molecular complexity index is 644. The topological polar surface area (TPSA) is 86.5 Å². The van der Waals surface area contributed by atoms with E-state index in [1.54, 1.807) is 6.07 Å². The number of sulfone groups is 1. The molecule has 21 heavy (non-hydrogen) atoms. The van der Waals surface area contributed by atoms with E-state index in [0.717, 1.165) is 6.42 Å². The van der Waals surface area contributed by atoms with E-state index in [1.807, 2.05) is 0 Å². The number of rotatable bonds is 3. The molecule has 0 aromatic heterocycles. The molecule has 2 atom stereocenters. The van der Waals surface area contributed by atoms with E-state index >= 15 is 0 Å². The van der Waals surface area contributed by atoms with Crippen molar-refractivity contribution in [1.29, 1.82) is 0 Å². The molecule has 2 N–H and O–H groups in total. The predicted octanol–water partition coefficient (Wildman–Crippen LogP) is 2.43. The number of anilines is 1. The molecule has 116 valence electrons. The van der Waals surface area contributed by atoms with Gasteiger partial charge in [-0.15, -0.1) is 0 Å². The molecule has 1 aromatic carbocycles. The van der Waals surface area contributed by atoms with Crippen molar-refractivity contribution in [1.82, 2.24) is 0 Å². The number of hydrogen-bond donors (Lipinski definition) is 1. The zero-order chi connectivity index (χ0) is 15.6. The SMILES string of the molecule is CS(=O)(=O)C1CCCC(OC(=O)c2ccc(Cl)cc2N)C1. The molecule has 1 fully saturated rings. The Morgan fingerprint density at radius 3 is 2.71 bits per heavy atom. The van der Waals surface area contributed by atoms with E-state index < -0.39 is 21.1 Å². The highest BCUT2D eigenvalue weighted by Crippen LogP contribution is 2.27. The third kappa shape index (κ3) is 4.11. The minimum atomic E-state index is -3.11. The third-order valence-electron chi connectivity index (χ3n) is 3.69. The van der Waals surface area contributed by atoms with Crippen molar-refractivity contribution in [3.05, 3.63) is 28.8 Å². The van der Waals surface area contributed by atoms with Crippen LogP contribution in [0.3, 0.4) is 0 Å². The number of carbonyl (C=O) groups is 1. The van der Waals surface area contributed by atoms with Crippen LogP contribution < -0.4 is 5.73 Å². The van der Waals surface area contributed by atoms with Gasteiger partial charge in [-0.1, -0.05) is 11.6 Å². The summed E-state index contributed by atoms with van der Waals surface area (Å²) in [4.78, 5) is 12.1. The maximum absolute atomic E-state index is 12.1. The highest BCUT2D eigenvalue weighted by atomic mass is 35.5. The molecule has 2 unspecified atom stereocenters. The van der Waals surface area contributed by atoms with Gasteiger partial charge in [0, 0.05) is 23.4 Å². The molecule has 1 saturated carbocycles. The maximum atomic E-state index is 12.1. The summed E-state index contributed by atoms with van der Waals surface area (Å²) in [5.41, 5.74) is 6.25. The van der Waals surface area contributed by atoms with Crippen LogP contribution in [-0.4, -0.2) is 32.0 Å². The van der Waals surface area contributed by atoms with Crippen LogP contribution in [0.1, 0.15) is 36.0 Å². The number of hydrogen-bond acceptors (Lipinski definition) is 5. The lowest BCUT2D eigenvalue weighted by Gasteiger charge is -2.27. The Labute approximate surface area is 129 Å². The van der Waals surface area contributed by atoms with Crippen LogP contribution in [-0.2, 0) is 14.6 Å². The van der Waals surface area contributed by atoms with E-state index in [-0.39, 0.29) is 17.4 Å².